The van der Waals surface area contributed by atoms with Crippen LogP contribution < -0.4 is 158 Å². The van der Waals surface area contributed by atoms with Crippen LogP contribution in [0.5, 0.6) is 11.8 Å². The van der Waals surface area contributed by atoms with Crippen molar-refractivity contribution in [1.82, 2.24) is 9.97 Å². The van der Waals surface area contributed by atoms with E-state index in [4.69, 9.17) is 24.7 Å². The minimum Gasteiger partial charge on any atom is -1.00 e. The van der Waals surface area contributed by atoms with Gasteiger partial charge in [-0.05, 0) is 53.7 Å². The predicted octanol–water partition coefficient (Wildman–Crippen LogP) is -3.53. The monoisotopic (exact) mass is 842 g/mol. The van der Waals surface area contributed by atoms with Crippen molar-refractivity contribution in [2.24, 2.45) is 9.54 Å². The molecule has 0 spiro atoms. The summed E-state index contributed by atoms with van der Waals surface area (Å²) in [5.74, 6) is 0.982. The van der Waals surface area contributed by atoms with Gasteiger partial charge in [0.1, 0.15) is 16.7 Å². The normalized spacial score (nSPS) is 11.2. The Hall–Kier alpha value is 1.03. The number of aldehydes is 1. The molecular formula is C24H40Cs2N4O8S2. The van der Waals surface area contributed by atoms with E-state index in [2.05, 4.69) is 19.3 Å². The van der Waals surface area contributed by atoms with E-state index >= 15 is 0 Å². The van der Waals surface area contributed by atoms with Gasteiger partial charge in [-0.1, -0.05) is 19.6 Å². The van der Waals surface area contributed by atoms with Gasteiger partial charge < -0.3 is 21.0 Å². The Morgan fingerprint density at radius 2 is 1.25 bits per heavy atom. The Morgan fingerprint density at radius 1 is 0.875 bits per heavy atom. The summed E-state index contributed by atoms with van der Waals surface area (Å²) in [5, 5.41) is 13.5. The predicted molar refractivity (Wildman–Crippen MR) is 150 cm³/mol. The maximum absolute atomic E-state index is 11.6. The molecule has 2 aromatic rings. The fourth-order valence-corrected chi connectivity index (χ4v) is 2.01. The number of methoxy groups -OCH3 is 2. The van der Waals surface area contributed by atoms with Gasteiger partial charge in [-0.15, -0.1) is 0 Å². The van der Waals surface area contributed by atoms with E-state index in [0.29, 0.717) is 29.4 Å². The first-order valence-electron chi connectivity index (χ1n) is 10.5. The van der Waals surface area contributed by atoms with Crippen molar-refractivity contribution in [3.8, 4) is 11.8 Å². The van der Waals surface area contributed by atoms with Crippen molar-refractivity contribution >= 4 is 40.9 Å². The summed E-state index contributed by atoms with van der Waals surface area (Å²) in [6.45, 7) is 11.0. The van der Waals surface area contributed by atoms with E-state index in [9.17, 15) is 13.2 Å². The third-order valence-corrected chi connectivity index (χ3v) is 6.03. The number of carbonyl (C=O) groups excluding carboxylic acids is 2. The SMILES string of the molecule is C.CC(C)(C)[S@](N)=O.COc1cccc(C=N[S@](=O)C(C)(C)C)n1.COc1cccc(C=O)n1.O=CO[O-].[Cs+].[Cs+].[H-]. The van der Waals surface area contributed by atoms with Gasteiger partial charge in [0.2, 0.25) is 11.8 Å². The largest absolute Gasteiger partial charge is 1.00 e. The third kappa shape index (κ3) is 27.8. The number of hydrogen-bond acceptors (Lipinski definition) is 10. The molecule has 12 nitrogen and oxygen atoms in total. The van der Waals surface area contributed by atoms with E-state index < -0.39 is 22.0 Å². The molecule has 0 aromatic carbocycles. The molecule has 0 aliphatic rings. The second-order valence-electron chi connectivity index (χ2n) is 8.53. The van der Waals surface area contributed by atoms with Gasteiger partial charge in [0.15, 0.2) is 6.29 Å². The number of ether oxygens (including phenoxy) is 2. The van der Waals surface area contributed by atoms with E-state index in [1.54, 1.807) is 37.4 Å². The van der Waals surface area contributed by atoms with Crippen LogP contribution in [0.3, 0.4) is 0 Å². The Kier molecular flexibility index (Phi) is 36.4. The molecule has 0 bridgehead atoms. The molecule has 0 saturated heterocycles. The summed E-state index contributed by atoms with van der Waals surface area (Å²) < 4.78 is 35.1. The number of nitrogens with two attached hydrogens (primary N) is 1. The summed E-state index contributed by atoms with van der Waals surface area (Å²) in [5.41, 5.74) is 1.02. The summed E-state index contributed by atoms with van der Waals surface area (Å²) in [4.78, 5) is 29.4. The van der Waals surface area contributed by atoms with Gasteiger partial charge in [0, 0.05) is 12.1 Å². The number of aromatic nitrogens is 2. The zero-order valence-corrected chi connectivity index (χ0v) is 38.4. The van der Waals surface area contributed by atoms with Crippen LogP contribution in [0.2, 0.25) is 0 Å². The molecular weight excluding hydrogens is 802 g/mol. The van der Waals surface area contributed by atoms with E-state index in [0.717, 1.165) is 0 Å². The van der Waals surface area contributed by atoms with Crippen LogP contribution in [-0.2, 0) is 31.7 Å². The topological polar surface area (TPSA) is 183 Å². The molecule has 2 heterocycles. The van der Waals surface area contributed by atoms with Gasteiger partial charge >= 0.3 is 138 Å². The molecule has 0 aliphatic heterocycles. The summed E-state index contributed by atoms with van der Waals surface area (Å²) in [7, 11) is 0.622. The van der Waals surface area contributed by atoms with Crippen LogP contribution in [-0.4, -0.2) is 61.1 Å². The first-order chi connectivity index (χ1) is 17.2. The zero-order valence-electron chi connectivity index (χ0n) is 25.2. The zero-order chi connectivity index (χ0) is 29.1. The Balaban J connectivity index is -0.000000107. The van der Waals surface area contributed by atoms with Crippen molar-refractivity contribution in [2.75, 3.05) is 14.2 Å². The second-order valence-corrected chi connectivity index (χ2v) is 12.3. The Bertz CT molecular complexity index is 1040. The molecule has 0 aliphatic carbocycles. The number of carbonyl (C=O) groups is 2. The molecule has 0 amide bonds. The maximum Gasteiger partial charge on any atom is 1.00 e. The Morgan fingerprint density at radius 3 is 1.55 bits per heavy atom. The van der Waals surface area contributed by atoms with Crippen molar-refractivity contribution < 1.29 is 177 Å². The smallest absolute Gasteiger partial charge is 1.00 e. The summed E-state index contributed by atoms with van der Waals surface area (Å²) >= 11 is 0. The van der Waals surface area contributed by atoms with Crippen molar-refractivity contribution in [3.05, 3.63) is 47.8 Å². The first-order valence-corrected chi connectivity index (χ1v) is 12.8. The summed E-state index contributed by atoms with van der Waals surface area (Å²) in [6, 6.07) is 10.4. The molecule has 2 atom stereocenters. The molecule has 2 rings (SSSR count). The van der Waals surface area contributed by atoms with Crippen molar-refractivity contribution in [3.63, 3.8) is 0 Å². The number of hydrogen-bond donors (Lipinski definition) is 1. The van der Waals surface area contributed by atoms with Gasteiger partial charge in [-0.2, -0.15) is 4.40 Å². The van der Waals surface area contributed by atoms with Crippen LogP contribution in [0.1, 0.15) is 66.6 Å². The van der Waals surface area contributed by atoms with E-state index in [1.165, 1.54) is 13.3 Å². The van der Waals surface area contributed by atoms with E-state index in [-0.39, 0.29) is 163 Å². The average molecular weight is 843 g/mol. The fraction of sp³-hybridized carbons (Fsp3) is 0.458. The molecule has 0 radical (unpaired) electrons. The quantitative estimate of drug-likeness (QED) is 0.133. The standard InChI is InChI=1S/C11H16N2O2S.C7H7NO2.C4H11NOS.CH2O3.CH4.2Cs.H/c1-11(2,3)16(14)12-8-9-6-5-7-10(13-9)15-4;1-10-7-4-2-3-6(5-9)8-7;1-4(2,3)7(5)6;2-1-4-3;;;;/h5-8H,1-4H3;2-5H,1H3;5H2,1-3H3;1,3H;1H4;;;/q;;;;;2*+1;-1/p-1/t16-;;7-;;;;;/m1.1...../s1. The minimum atomic E-state index is -1.26. The molecule has 2 N–H and O–H groups in total. The molecule has 0 fully saturated rings. The van der Waals surface area contributed by atoms with Crippen molar-refractivity contribution in [2.45, 2.75) is 58.5 Å². The fourth-order valence-electron chi connectivity index (χ4n) is 1.49. The maximum atomic E-state index is 11.6. The molecule has 16 heteroatoms. The van der Waals surface area contributed by atoms with Crippen LogP contribution in [0.15, 0.2) is 40.8 Å². The summed E-state index contributed by atoms with van der Waals surface area (Å²) in [6.07, 6.45) is 2.19. The molecule has 40 heavy (non-hydrogen) atoms. The number of pyridine rings is 2. The third-order valence-electron chi connectivity index (χ3n) is 3.48. The van der Waals surface area contributed by atoms with Gasteiger partial charge in [-0.25, -0.2) is 18.4 Å². The average Bonchev–Trinajstić information content (AvgIpc) is 2.87. The molecule has 0 unspecified atom stereocenters. The number of rotatable bonds is 6. The van der Waals surface area contributed by atoms with E-state index in [1.807, 2.05) is 47.6 Å². The number of nitrogens with zero attached hydrogens (tertiary/aromatic N) is 3. The van der Waals surface area contributed by atoms with Crippen LogP contribution in [0, 0.1) is 0 Å². The first kappa shape index (κ1) is 50.6. The Labute approximate surface area is 362 Å². The van der Waals surface area contributed by atoms with Gasteiger partial charge in [0.05, 0.1) is 46.6 Å². The molecule has 218 valence electrons. The van der Waals surface area contributed by atoms with Crippen LogP contribution in [0.25, 0.3) is 0 Å². The minimum absolute atomic E-state index is 0. The van der Waals surface area contributed by atoms with Gasteiger partial charge in [0.25, 0.3) is 6.47 Å². The van der Waals surface area contributed by atoms with Gasteiger partial charge in [-0.3, -0.25) is 14.7 Å². The van der Waals surface area contributed by atoms with Crippen molar-refractivity contribution in [1.29, 1.82) is 0 Å². The molecule has 0 saturated carbocycles. The van der Waals surface area contributed by atoms with Crippen LogP contribution in [0.4, 0.5) is 0 Å². The molecule has 2 aromatic heterocycles. The second kappa shape index (κ2) is 28.8. The van der Waals surface area contributed by atoms with Crippen LogP contribution >= 0.6 is 0 Å².